The van der Waals surface area contributed by atoms with Gasteiger partial charge in [0.05, 0.1) is 12.7 Å². The summed E-state index contributed by atoms with van der Waals surface area (Å²) in [5.74, 6) is 0.314. The number of benzene rings is 3. The van der Waals surface area contributed by atoms with Gasteiger partial charge in [-0.1, -0.05) is 39.7 Å². The van der Waals surface area contributed by atoms with Crippen molar-refractivity contribution >= 4 is 39.2 Å². The Morgan fingerprint density at radius 3 is 2.50 bits per heavy atom. The Hall–Kier alpha value is -2.70. The van der Waals surface area contributed by atoms with Crippen LogP contribution in [-0.4, -0.2) is 18.2 Å². The number of aryl methyl sites for hydroxylation is 1. The number of ether oxygens (including phenoxy) is 2. The molecular weight excluding hydrogens is 470 g/mol. The molecule has 5 nitrogen and oxygen atoms in total. The molecule has 2 N–H and O–H groups in total. The normalized spacial score (nSPS) is 10.5. The number of aromatic carboxylic acids is 1. The van der Waals surface area contributed by atoms with Gasteiger partial charge in [0, 0.05) is 27.3 Å². The van der Waals surface area contributed by atoms with Crippen molar-refractivity contribution < 1.29 is 19.4 Å². The summed E-state index contributed by atoms with van der Waals surface area (Å²) in [6.07, 6.45) is 0. The maximum Gasteiger partial charge on any atom is 0.335 e. The highest BCUT2D eigenvalue weighted by molar-refractivity contribution is 9.10. The number of hydrogen-bond acceptors (Lipinski definition) is 4. The zero-order valence-corrected chi connectivity index (χ0v) is 18.9. The quantitative estimate of drug-likeness (QED) is 0.387. The first-order valence-corrected chi connectivity index (χ1v) is 10.4. The van der Waals surface area contributed by atoms with Crippen molar-refractivity contribution in [2.75, 3.05) is 12.4 Å². The van der Waals surface area contributed by atoms with Crippen LogP contribution in [0.2, 0.25) is 5.02 Å². The van der Waals surface area contributed by atoms with Gasteiger partial charge in [-0.3, -0.25) is 0 Å². The molecule has 0 radical (unpaired) electrons. The lowest BCUT2D eigenvalue weighted by atomic mass is 10.1. The predicted octanol–water partition coefficient (Wildman–Crippen LogP) is 6.31. The van der Waals surface area contributed by atoms with E-state index in [1.165, 1.54) is 0 Å². The zero-order valence-electron chi connectivity index (χ0n) is 16.5. The van der Waals surface area contributed by atoms with Gasteiger partial charge in [-0.15, -0.1) is 0 Å². The molecule has 0 saturated carbocycles. The van der Waals surface area contributed by atoms with E-state index in [0.29, 0.717) is 29.7 Å². The monoisotopic (exact) mass is 489 g/mol. The molecule has 0 bridgehead atoms. The molecule has 0 fully saturated rings. The molecule has 0 saturated heterocycles. The van der Waals surface area contributed by atoms with E-state index in [1.54, 1.807) is 25.3 Å². The summed E-state index contributed by atoms with van der Waals surface area (Å²) >= 11 is 9.55. The Kier molecular flexibility index (Phi) is 7.24. The third kappa shape index (κ3) is 5.26. The number of carbonyl (C=O) groups is 1. The van der Waals surface area contributed by atoms with Gasteiger partial charge in [0.2, 0.25) is 0 Å². The molecule has 0 heterocycles. The molecule has 0 amide bonds. The average Bonchev–Trinajstić information content (AvgIpc) is 2.73. The molecular formula is C23H21BrClNO4. The maximum atomic E-state index is 11.1. The van der Waals surface area contributed by atoms with E-state index in [-0.39, 0.29) is 5.56 Å². The van der Waals surface area contributed by atoms with Crippen molar-refractivity contribution in [3.05, 3.63) is 86.3 Å². The summed E-state index contributed by atoms with van der Waals surface area (Å²) in [6, 6.07) is 16.2. The summed E-state index contributed by atoms with van der Waals surface area (Å²) in [5.41, 5.74) is 3.83. The second kappa shape index (κ2) is 9.87. The van der Waals surface area contributed by atoms with Crippen LogP contribution in [0.25, 0.3) is 0 Å². The second-order valence-electron chi connectivity index (χ2n) is 6.66. The number of carboxylic acid groups (broad SMARTS) is 1. The van der Waals surface area contributed by atoms with Gasteiger partial charge in [0.15, 0.2) is 11.5 Å². The first kappa shape index (κ1) is 22.0. The summed E-state index contributed by atoms with van der Waals surface area (Å²) in [7, 11) is 1.60. The van der Waals surface area contributed by atoms with Gasteiger partial charge >= 0.3 is 5.97 Å². The van der Waals surface area contributed by atoms with Crippen LogP contribution in [-0.2, 0) is 13.2 Å². The van der Waals surface area contributed by atoms with Crippen LogP contribution in [0.1, 0.15) is 27.0 Å². The molecule has 3 aromatic carbocycles. The maximum absolute atomic E-state index is 11.1. The summed E-state index contributed by atoms with van der Waals surface area (Å²) in [5, 5.41) is 13.2. The van der Waals surface area contributed by atoms with Crippen LogP contribution in [0.15, 0.2) is 59.1 Å². The smallest absolute Gasteiger partial charge is 0.335 e. The van der Waals surface area contributed by atoms with Gasteiger partial charge in [-0.2, -0.15) is 0 Å². The van der Waals surface area contributed by atoms with E-state index in [9.17, 15) is 4.79 Å². The number of carboxylic acids is 1. The lowest BCUT2D eigenvalue weighted by molar-refractivity contribution is 0.0697. The largest absolute Gasteiger partial charge is 0.493 e. The van der Waals surface area contributed by atoms with Crippen LogP contribution in [0.5, 0.6) is 11.5 Å². The summed E-state index contributed by atoms with van der Waals surface area (Å²) < 4.78 is 12.5. The van der Waals surface area contributed by atoms with E-state index >= 15 is 0 Å². The summed E-state index contributed by atoms with van der Waals surface area (Å²) in [4.78, 5) is 11.1. The number of halogens is 2. The molecule has 0 aliphatic rings. The van der Waals surface area contributed by atoms with Crippen molar-refractivity contribution in [1.82, 2.24) is 0 Å². The van der Waals surface area contributed by atoms with Gasteiger partial charge in [0.1, 0.15) is 6.61 Å². The van der Waals surface area contributed by atoms with E-state index in [2.05, 4.69) is 21.2 Å². The zero-order chi connectivity index (χ0) is 21.7. The second-order valence-corrected chi connectivity index (χ2v) is 7.95. The Balaban J connectivity index is 1.83. The van der Waals surface area contributed by atoms with Crippen molar-refractivity contribution in [3.8, 4) is 11.5 Å². The Morgan fingerprint density at radius 2 is 1.87 bits per heavy atom. The highest BCUT2D eigenvalue weighted by Crippen LogP contribution is 2.37. The van der Waals surface area contributed by atoms with E-state index in [1.807, 2.05) is 43.3 Å². The number of hydrogen-bond donors (Lipinski definition) is 2. The van der Waals surface area contributed by atoms with E-state index in [4.69, 9.17) is 26.2 Å². The molecule has 30 heavy (non-hydrogen) atoms. The molecule has 3 rings (SSSR count). The van der Waals surface area contributed by atoms with Crippen LogP contribution < -0.4 is 14.8 Å². The minimum atomic E-state index is -0.946. The molecule has 3 aromatic rings. The summed E-state index contributed by atoms with van der Waals surface area (Å²) in [6.45, 7) is 2.69. The molecule has 0 aliphatic heterocycles. The van der Waals surface area contributed by atoms with Crippen molar-refractivity contribution in [2.45, 2.75) is 20.1 Å². The highest BCUT2D eigenvalue weighted by atomic mass is 79.9. The Labute approximate surface area is 188 Å². The minimum absolute atomic E-state index is 0.257. The molecule has 0 atom stereocenters. The fourth-order valence-electron chi connectivity index (χ4n) is 2.98. The topological polar surface area (TPSA) is 67.8 Å². The number of nitrogens with one attached hydrogen (secondary N) is 1. The van der Waals surface area contributed by atoms with E-state index in [0.717, 1.165) is 26.9 Å². The molecule has 0 spiro atoms. The molecule has 0 aliphatic carbocycles. The molecule has 0 unspecified atom stereocenters. The first-order valence-electron chi connectivity index (χ1n) is 9.19. The van der Waals surface area contributed by atoms with Crippen LogP contribution in [0.3, 0.4) is 0 Å². The Bertz CT molecular complexity index is 1050. The number of rotatable bonds is 8. The molecule has 7 heteroatoms. The fourth-order valence-corrected chi connectivity index (χ4v) is 3.56. The van der Waals surface area contributed by atoms with Gasteiger partial charge in [-0.05, 0) is 60.5 Å². The molecule has 0 aromatic heterocycles. The van der Waals surface area contributed by atoms with Crippen LogP contribution in [0, 0.1) is 6.92 Å². The standard InChI is InChI=1S/C23H21BrClNO4/c1-14-11-16(23(27)28)5-9-20(14)26-12-18-19(24)8-10-21(29-2)22(18)30-13-15-3-6-17(25)7-4-15/h3-11,26H,12-13H2,1-2H3,(H,27,28). The van der Waals surface area contributed by atoms with Gasteiger partial charge in [0.25, 0.3) is 0 Å². The third-order valence-electron chi connectivity index (χ3n) is 4.61. The third-order valence-corrected chi connectivity index (χ3v) is 5.61. The molecule has 156 valence electrons. The van der Waals surface area contributed by atoms with Crippen LogP contribution in [0.4, 0.5) is 5.69 Å². The van der Waals surface area contributed by atoms with Crippen molar-refractivity contribution in [3.63, 3.8) is 0 Å². The van der Waals surface area contributed by atoms with Crippen LogP contribution >= 0.6 is 27.5 Å². The van der Waals surface area contributed by atoms with Crippen molar-refractivity contribution in [1.29, 1.82) is 0 Å². The van der Waals surface area contributed by atoms with Gasteiger partial charge < -0.3 is 19.9 Å². The Morgan fingerprint density at radius 1 is 1.13 bits per heavy atom. The predicted molar refractivity (Wildman–Crippen MR) is 122 cm³/mol. The van der Waals surface area contributed by atoms with E-state index < -0.39 is 5.97 Å². The first-order chi connectivity index (χ1) is 14.4. The fraction of sp³-hybridized carbons (Fsp3) is 0.174. The number of methoxy groups -OCH3 is 1. The van der Waals surface area contributed by atoms with Crippen molar-refractivity contribution in [2.24, 2.45) is 0 Å². The van der Waals surface area contributed by atoms with Gasteiger partial charge in [-0.25, -0.2) is 4.79 Å². The minimum Gasteiger partial charge on any atom is -0.493 e. The number of anilines is 1. The SMILES string of the molecule is COc1ccc(Br)c(CNc2ccc(C(=O)O)cc2C)c1OCc1ccc(Cl)cc1. The average molecular weight is 491 g/mol. The highest BCUT2D eigenvalue weighted by Gasteiger charge is 2.16. The lowest BCUT2D eigenvalue weighted by Gasteiger charge is -2.18. The lowest BCUT2D eigenvalue weighted by Crippen LogP contribution is -2.07.